The van der Waals surface area contributed by atoms with Crippen molar-refractivity contribution in [2.45, 2.75) is 51.9 Å². The highest BCUT2D eigenvalue weighted by molar-refractivity contribution is 7.86. The first-order valence-corrected chi connectivity index (χ1v) is 8.99. The summed E-state index contributed by atoms with van der Waals surface area (Å²) in [6.07, 6.45) is 2.41. The van der Waals surface area contributed by atoms with Gasteiger partial charge in [-0.25, -0.2) is 0 Å². The topological polar surface area (TPSA) is 60.4 Å². The van der Waals surface area contributed by atoms with Crippen molar-refractivity contribution in [3.63, 3.8) is 0 Å². The van der Waals surface area contributed by atoms with E-state index in [0.29, 0.717) is 6.42 Å². The third kappa shape index (κ3) is 3.41. The fraction of sp³-hybridized carbons (Fsp3) is 0.588. The second-order valence-corrected chi connectivity index (χ2v) is 8.77. The van der Waals surface area contributed by atoms with Crippen LogP contribution in [0, 0.1) is 17.8 Å². The number of ketones is 1. The van der Waals surface area contributed by atoms with Crippen LogP contribution in [0.5, 0.6) is 0 Å². The Hall–Kier alpha value is -1.20. The number of hydrogen-bond acceptors (Lipinski definition) is 4. The lowest BCUT2D eigenvalue weighted by atomic mass is 9.64. The van der Waals surface area contributed by atoms with Gasteiger partial charge in [0.25, 0.3) is 10.1 Å². The molecule has 0 N–H and O–H groups in total. The molecule has 122 valence electrons. The Balaban J connectivity index is 2.14. The first kappa shape index (κ1) is 17.2. The summed E-state index contributed by atoms with van der Waals surface area (Å²) in [5.41, 5.74) is -0.168. The van der Waals surface area contributed by atoms with E-state index in [1.807, 2.05) is 20.8 Å². The van der Waals surface area contributed by atoms with Crippen LogP contribution in [0.2, 0.25) is 0 Å². The molecule has 0 saturated heterocycles. The van der Waals surface area contributed by atoms with Crippen LogP contribution in [-0.2, 0) is 19.1 Å². The number of carbonyl (C=O) groups is 1. The molecule has 1 aromatic rings. The van der Waals surface area contributed by atoms with Gasteiger partial charge in [-0.1, -0.05) is 44.9 Å². The summed E-state index contributed by atoms with van der Waals surface area (Å²) in [6.45, 7) is 7.44. The second-order valence-electron chi connectivity index (χ2n) is 7.16. The van der Waals surface area contributed by atoms with Crippen molar-refractivity contribution in [3.05, 3.63) is 29.8 Å². The number of hydrogen-bond donors (Lipinski definition) is 0. The SMILES string of the molecule is Cc1ccc(S(=O)(=O)OC[C@]2(C)CCCC(C)(C)C2=O)cc1. The van der Waals surface area contributed by atoms with E-state index in [2.05, 4.69) is 0 Å². The Morgan fingerprint density at radius 1 is 1.09 bits per heavy atom. The molecule has 1 aromatic carbocycles. The molecule has 1 aliphatic carbocycles. The largest absolute Gasteiger partial charge is 0.298 e. The van der Waals surface area contributed by atoms with E-state index in [4.69, 9.17) is 4.18 Å². The predicted octanol–water partition coefficient (Wildman–Crippen LogP) is 3.49. The Morgan fingerprint density at radius 3 is 2.27 bits per heavy atom. The highest BCUT2D eigenvalue weighted by Gasteiger charge is 2.46. The summed E-state index contributed by atoms with van der Waals surface area (Å²) in [5.74, 6) is 0.0883. The van der Waals surface area contributed by atoms with Crippen LogP contribution < -0.4 is 0 Å². The Labute approximate surface area is 133 Å². The molecule has 0 radical (unpaired) electrons. The zero-order valence-electron chi connectivity index (χ0n) is 13.7. The monoisotopic (exact) mass is 324 g/mol. The maximum atomic E-state index is 12.6. The molecule has 0 aromatic heterocycles. The Kier molecular flexibility index (Phi) is 4.51. The second kappa shape index (κ2) is 5.78. The van der Waals surface area contributed by atoms with E-state index in [-0.39, 0.29) is 17.3 Å². The van der Waals surface area contributed by atoms with Gasteiger partial charge in [0.2, 0.25) is 0 Å². The van der Waals surface area contributed by atoms with Crippen LogP contribution in [0.15, 0.2) is 29.2 Å². The van der Waals surface area contributed by atoms with Gasteiger partial charge >= 0.3 is 0 Å². The standard InChI is InChI=1S/C17H24O4S/c1-13-6-8-14(9-7-13)22(19,20)21-12-17(4)11-5-10-16(2,3)15(17)18/h6-9H,5,10-12H2,1-4H3/t17-/m0/s1. The number of Topliss-reactive ketones (excluding diaryl/α,β-unsaturated/α-hetero) is 1. The maximum Gasteiger partial charge on any atom is 0.297 e. The summed E-state index contributed by atoms with van der Waals surface area (Å²) in [5, 5.41) is 0. The summed E-state index contributed by atoms with van der Waals surface area (Å²) < 4.78 is 29.7. The van der Waals surface area contributed by atoms with E-state index in [9.17, 15) is 13.2 Å². The Bertz CT molecular complexity index is 658. The molecule has 1 atom stereocenters. The van der Waals surface area contributed by atoms with Crippen LogP contribution in [0.1, 0.15) is 45.6 Å². The highest BCUT2D eigenvalue weighted by atomic mass is 32.2. The number of aryl methyl sites for hydroxylation is 1. The van der Waals surface area contributed by atoms with Crippen molar-refractivity contribution in [2.24, 2.45) is 10.8 Å². The van der Waals surface area contributed by atoms with Gasteiger partial charge in [0.05, 0.1) is 16.9 Å². The maximum absolute atomic E-state index is 12.6. The minimum atomic E-state index is -3.83. The fourth-order valence-electron chi connectivity index (χ4n) is 3.08. The third-order valence-electron chi connectivity index (χ3n) is 4.54. The lowest BCUT2D eigenvalue weighted by Gasteiger charge is -2.40. The number of carbonyl (C=O) groups excluding carboxylic acids is 1. The van der Waals surface area contributed by atoms with Gasteiger partial charge in [-0.05, 0) is 31.9 Å². The first-order chi connectivity index (χ1) is 10.1. The summed E-state index contributed by atoms with van der Waals surface area (Å²) >= 11 is 0. The van der Waals surface area contributed by atoms with E-state index in [1.165, 1.54) is 12.1 Å². The van der Waals surface area contributed by atoms with Crippen molar-refractivity contribution in [1.29, 1.82) is 0 Å². The summed E-state index contributed by atoms with van der Waals surface area (Å²) in [6, 6.07) is 6.51. The highest BCUT2D eigenvalue weighted by Crippen LogP contribution is 2.43. The van der Waals surface area contributed by atoms with Crippen molar-refractivity contribution in [3.8, 4) is 0 Å². The molecule has 0 heterocycles. The van der Waals surface area contributed by atoms with E-state index >= 15 is 0 Å². The first-order valence-electron chi connectivity index (χ1n) is 7.58. The van der Waals surface area contributed by atoms with E-state index in [1.54, 1.807) is 19.1 Å². The molecular weight excluding hydrogens is 300 g/mol. The van der Waals surface area contributed by atoms with Gasteiger partial charge in [-0.3, -0.25) is 8.98 Å². The molecule has 0 aliphatic heterocycles. The average Bonchev–Trinajstić information content (AvgIpc) is 2.43. The molecule has 1 saturated carbocycles. The molecule has 1 fully saturated rings. The quantitative estimate of drug-likeness (QED) is 0.796. The van der Waals surface area contributed by atoms with Crippen LogP contribution in [-0.4, -0.2) is 20.8 Å². The van der Waals surface area contributed by atoms with Crippen molar-refractivity contribution >= 4 is 15.9 Å². The lowest BCUT2D eigenvalue weighted by Crippen LogP contribution is -2.45. The molecular formula is C17H24O4S. The van der Waals surface area contributed by atoms with Crippen molar-refractivity contribution in [1.82, 2.24) is 0 Å². The van der Waals surface area contributed by atoms with Gasteiger partial charge in [-0.15, -0.1) is 0 Å². The van der Waals surface area contributed by atoms with E-state index in [0.717, 1.165) is 18.4 Å². The minimum Gasteiger partial charge on any atom is -0.298 e. The molecule has 0 bridgehead atoms. The average molecular weight is 324 g/mol. The molecule has 0 amide bonds. The normalized spacial score (nSPS) is 25.2. The predicted molar refractivity (Wildman–Crippen MR) is 85.1 cm³/mol. The molecule has 2 rings (SSSR count). The smallest absolute Gasteiger partial charge is 0.297 e. The lowest BCUT2D eigenvalue weighted by molar-refractivity contribution is -0.142. The number of rotatable bonds is 4. The Morgan fingerprint density at radius 2 is 1.68 bits per heavy atom. The van der Waals surface area contributed by atoms with Crippen molar-refractivity contribution < 1.29 is 17.4 Å². The summed E-state index contributed by atoms with van der Waals surface area (Å²) in [7, 11) is -3.83. The van der Waals surface area contributed by atoms with Gasteiger partial charge < -0.3 is 0 Å². The molecule has 0 unspecified atom stereocenters. The molecule has 1 aliphatic rings. The van der Waals surface area contributed by atoms with Crippen LogP contribution in [0.4, 0.5) is 0 Å². The van der Waals surface area contributed by atoms with E-state index < -0.39 is 20.9 Å². The number of benzene rings is 1. The van der Waals surface area contributed by atoms with Crippen LogP contribution >= 0.6 is 0 Å². The van der Waals surface area contributed by atoms with Gasteiger partial charge in [0.15, 0.2) is 0 Å². The zero-order chi connectivity index (χ0) is 16.6. The van der Waals surface area contributed by atoms with Gasteiger partial charge in [-0.2, -0.15) is 8.42 Å². The summed E-state index contributed by atoms with van der Waals surface area (Å²) in [4.78, 5) is 12.7. The molecule has 5 heteroatoms. The fourth-order valence-corrected chi connectivity index (χ4v) is 4.10. The zero-order valence-corrected chi connectivity index (χ0v) is 14.5. The molecule has 0 spiro atoms. The van der Waals surface area contributed by atoms with Gasteiger partial charge in [0, 0.05) is 5.41 Å². The molecule has 22 heavy (non-hydrogen) atoms. The minimum absolute atomic E-state index is 0.0883. The van der Waals surface area contributed by atoms with Crippen LogP contribution in [0.3, 0.4) is 0 Å². The third-order valence-corrected chi connectivity index (χ3v) is 5.81. The van der Waals surface area contributed by atoms with Crippen molar-refractivity contribution in [2.75, 3.05) is 6.61 Å². The van der Waals surface area contributed by atoms with Crippen LogP contribution in [0.25, 0.3) is 0 Å². The molecule has 4 nitrogen and oxygen atoms in total. The van der Waals surface area contributed by atoms with Gasteiger partial charge in [0.1, 0.15) is 5.78 Å².